The molecule has 1 aromatic heterocycles. The number of ether oxygens (including phenoxy) is 1. The van der Waals surface area contributed by atoms with Crippen LogP contribution in [-0.4, -0.2) is 47.8 Å². The number of methoxy groups -OCH3 is 1. The molecule has 19 heavy (non-hydrogen) atoms. The number of nitrogens with zero attached hydrogens (tertiary/aromatic N) is 3. The van der Waals surface area contributed by atoms with Crippen molar-refractivity contribution in [2.75, 3.05) is 31.7 Å². The quantitative estimate of drug-likeness (QED) is 0.282. The molecule has 0 radical (unpaired) electrons. The largest absolute Gasteiger partial charge is 0.409 e. The highest BCUT2D eigenvalue weighted by Crippen LogP contribution is 2.18. The number of nitrogens with one attached hydrogen (secondary N) is 1. The van der Waals surface area contributed by atoms with Gasteiger partial charge in [-0.3, -0.25) is 4.79 Å². The lowest BCUT2D eigenvalue weighted by atomic mass is 10.3. The first-order valence-corrected chi connectivity index (χ1v) is 6.33. The molecule has 0 saturated heterocycles. The Morgan fingerprint density at radius 2 is 2.42 bits per heavy atom. The number of aromatic amines is 1. The van der Waals surface area contributed by atoms with Crippen LogP contribution in [0.2, 0.25) is 0 Å². The van der Waals surface area contributed by atoms with Crippen molar-refractivity contribution in [1.29, 1.82) is 0 Å². The molecule has 0 spiro atoms. The van der Waals surface area contributed by atoms with Gasteiger partial charge in [-0.25, -0.2) is 4.98 Å². The van der Waals surface area contributed by atoms with E-state index in [0.29, 0.717) is 36.4 Å². The van der Waals surface area contributed by atoms with Crippen LogP contribution in [0.15, 0.2) is 20.8 Å². The fraction of sp³-hybridized carbons (Fsp3) is 0.500. The van der Waals surface area contributed by atoms with Crippen molar-refractivity contribution in [2.24, 2.45) is 10.9 Å². The number of rotatable bonds is 7. The molecule has 0 unspecified atom stereocenters. The second-order valence-electron chi connectivity index (χ2n) is 3.69. The van der Waals surface area contributed by atoms with Gasteiger partial charge in [-0.05, 0) is 15.9 Å². The molecule has 0 aliphatic carbocycles. The molecule has 0 aliphatic heterocycles. The third-order valence-electron chi connectivity index (χ3n) is 2.41. The van der Waals surface area contributed by atoms with Gasteiger partial charge in [0.2, 0.25) is 0 Å². The average molecular weight is 334 g/mol. The zero-order valence-electron chi connectivity index (χ0n) is 10.5. The van der Waals surface area contributed by atoms with Crippen LogP contribution in [0, 0.1) is 0 Å². The fourth-order valence-corrected chi connectivity index (χ4v) is 1.89. The van der Waals surface area contributed by atoms with Gasteiger partial charge >= 0.3 is 0 Å². The highest BCUT2D eigenvalue weighted by molar-refractivity contribution is 9.10. The van der Waals surface area contributed by atoms with E-state index in [-0.39, 0.29) is 11.4 Å². The highest BCUT2D eigenvalue weighted by atomic mass is 79.9. The molecule has 1 rings (SSSR count). The van der Waals surface area contributed by atoms with Crippen molar-refractivity contribution in [3.05, 3.63) is 21.2 Å². The van der Waals surface area contributed by atoms with Crippen LogP contribution in [0.25, 0.3) is 0 Å². The summed E-state index contributed by atoms with van der Waals surface area (Å²) in [6, 6.07) is 0. The van der Waals surface area contributed by atoms with Crippen LogP contribution in [0.4, 0.5) is 5.82 Å². The van der Waals surface area contributed by atoms with Gasteiger partial charge in [0, 0.05) is 26.6 Å². The van der Waals surface area contributed by atoms with E-state index < -0.39 is 0 Å². The minimum atomic E-state index is -0.267. The Morgan fingerprint density at radius 3 is 3.05 bits per heavy atom. The van der Waals surface area contributed by atoms with E-state index in [2.05, 4.69) is 31.1 Å². The average Bonchev–Trinajstić information content (AvgIpc) is 2.42. The van der Waals surface area contributed by atoms with E-state index in [0.717, 1.165) is 0 Å². The molecule has 0 fully saturated rings. The summed E-state index contributed by atoms with van der Waals surface area (Å²) in [7, 11) is 1.59. The summed E-state index contributed by atoms with van der Waals surface area (Å²) in [5.41, 5.74) is 5.17. The summed E-state index contributed by atoms with van der Waals surface area (Å²) < 4.78 is 5.35. The van der Waals surface area contributed by atoms with Crippen LogP contribution in [0.5, 0.6) is 0 Å². The van der Waals surface area contributed by atoms with Gasteiger partial charge in [0.15, 0.2) is 0 Å². The number of amidine groups is 1. The van der Waals surface area contributed by atoms with Crippen molar-refractivity contribution >= 4 is 27.6 Å². The van der Waals surface area contributed by atoms with E-state index in [1.807, 2.05) is 4.90 Å². The van der Waals surface area contributed by atoms with Crippen molar-refractivity contribution in [3.8, 4) is 0 Å². The second kappa shape index (κ2) is 7.74. The number of nitrogens with two attached hydrogens (primary N) is 1. The van der Waals surface area contributed by atoms with Gasteiger partial charge in [0.25, 0.3) is 5.56 Å². The minimum Gasteiger partial charge on any atom is -0.409 e. The lowest BCUT2D eigenvalue weighted by Crippen LogP contribution is -2.33. The molecule has 0 bridgehead atoms. The van der Waals surface area contributed by atoms with Gasteiger partial charge in [0.1, 0.15) is 16.1 Å². The Bertz CT molecular complexity index is 490. The molecule has 1 aromatic rings. The zero-order chi connectivity index (χ0) is 14.3. The Hall–Kier alpha value is -1.61. The summed E-state index contributed by atoms with van der Waals surface area (Å²) in [6.45, 7) is 1.45. The van der Waals surface area contributed by atoms with Crippen LogP contribution in [0.1, 0.15) is 6.42 Å². The second-order valence-corrected chi connectivity index (χ2v) is 4.48. The first kappa shape index (κ1) is 15.4. The third-order valence-corrected chi connectivity index (χ3v) is 3.12. The topological polar surface area (TPSA) is 117 Å². The summed E-state index contributed by atoms with van der Waals surface area (Å²) >= 11 is 3.20. The van der Waals surface area contributed by atoms with E-state index in [9.17, 15) is 4.79 Å². The standard InChI is InChI=1S/C10H16BrN5O3/c1-19-5-4-16(3-2-7(12)15-18)9-8(11)10(17)14-6-13-9/h6,18H,2-5H2,1H3,(H2,12,15)(H,13,14,17). The van der Waals surface area contributed by atoms with Gasteiger partial charge in [0.05, 0.1) is 12.9 Å². The maximum Gasteiger partial charge on any atom is 0.267 e. The van der Waals surface area contributed by atoms with Gasteiger partial charge in [-0.15, -0.1) is 0 Å². The lowest BCUT2D eigenvalue weighted by molar-refractivity contribution is 0.205. The number of oxime groups is 1. The molecule has 0 aliphatic rings. The minimum absolute atomic E-state index is 0.114. The number of H-pyrrole nitrogens is 1. The Kier molecular flexibility index (Phi) is 6.30. The fourth-order valence-electron chi connectivity index (χ4n) is 1.42. The summed E-state index contributed by atoms with van der Waals surface area (Å²) in [5, 5.41) is 11.4. The molecule has 0 atom stereocenters. The normalized spacial score (nSPS) is 11.6. The summed E-state index contributed by atoms with van der Waals surface area (Å²) in [4.78, 5) is 19.9. The Labute approximate surface area is 118 Å². The predicted molar refractivity (Wildman–Crippen MR) is 74.7 cm³/mol. The van der Waals surface area contributed by atoms with Gasteiger partial charge in [-0.1, -0.05) is 5.16 Å². The SMILES string of the molecule is COCCN(CCC(N)=NO)c1nc[nH]c(=O)c1Br. The van der Waals surface area contributed by atoms with Crippen molar-refractivity contribution in [3.63, 3.8) is 0 Å². The van der Waals surface area contributed by atoms with E-state index in [4.69, 9.17) is 15.7 Å². The number of anilines is 1. The van der Waals surface area contributed by atoms with Crippen LogP contribution < -0.4 is 16.2 Å². The molecule has 0 amide bonds. The summed E-state index contributed by atoms with van der Waals surface area (Å²) in [5.74, 6) is 0.606. The van der Waals surface area contributed by atoms with Crippen molar-refractivity contribution in [2.45, 2.75) is 6.42 Å². The molecule has 4 N–H and O–H groups in total. The van der Waals surface area contributed by atoms with Crippen LogP contribution in [0.3, 0.4) is 0 Å². The lowest BCUT2D eigenvalue weighted by Gasteiger charge is -2.23. The first-order valence-electron chi connectivity index (χ1n) is 5.53. The van der Waals surface area contributed by atoms with E-state index in [1.54, 1.807) is 7.11 Å². The van der Waals surface area contributed by atoms with Gasteiger partial charge in [-0.2, -0.15) is 0 Å². The predicted octanol–water partition coefficient (Wildman–Crippen LogP) is 0.122. The molecule has 106 valence electrons. The first-order chi connectivity index (χ1) is 9.10. The Morgan fingerprint density at radius 1 is 1.68 bits per heavy atom. The molecule has 9 heteroatoms. The Balaban J connectivity index is 2.89. The molecule has 0 saturated carbocycles. The van der Waals surface area contributed by atoms with E-state index in [1.165, 1.54) is 6.33 Å². The number of hydrogen-bond acceptors (Lipinski definition) is 6. The number of aromatic nitrogens is 2. The van der Waals surface area contributed by atoms with Crippen molar-refractivity contribution < 1.29 is 9.94 Å². The van der Waals surface area contributed by atoms with Crippen molar-refractivity contribution in [1.82, 2.24) is 9.97 Å². The van der Waals surface area contributed by atoms with Crippen LogP contribution >= 0.6 is 15.9 Å². The third kappa shape index (κ3) is 4.52. The number of hydrogen-bond donors (Lipinski definition) is 3. The zero-order valence-corrected chi connectivity index (χ0v) is 12.1. The molecule has 1 heterocycles. The van der Waals surface area contributed by atoms with E-state index >= 15 is 0 Å². The smallest absolute Gasteiger partial charge is 0.267 e. The molecular formula is C10H16BrN5O3. The molecular weight excluding hydrogens is 318 g/mol. The number of halogens is 1. The highest BCUT2D eigenvalue weighted by Gasteiger charge is 2.14. The van der Waals surface area contributed by atoms with Crippen LogP contribution in [-0.2, 0) is 4.74 Å². The maximum absolute atomic E-state index is 11.5. The molecule has 8 nitrogen and oxygen atoms in total. The molecule has 0 aromatic carbocycles. The van der Waals surface area contributed by atoms with Gasteiger partial charge < -0.3 is 25.6 Å². The monoisotopic (exact) mass is 333 g/mol. The maximum atomic E-state index is 11.5. The summed E-state index contributed by atoms with van der Waals surface area (Å²) in [6.07, 6.45) is 1.67.